The van der Waals surface area contributed by atoms with E-state index in [4.69, 9.17) is 0 Å². The van der Waals surface area contributed by atoms with Crippen molar-refractivity contribution < 1.29 is 4.79 Å². The molecule has 2 N–H and O–H groups in total. The van der Waals surface area contributed by atoms with Crippen molar-refractivity contribution in [1.82, 2.24) is 20.5 Å². The summed E-state index contributed by atoms with van der Waals surface area (Å²) < 4.78 is 0. The van der Waals surface area contributed by atoms with Crippen LogP contribution in [0.2, 0.25) is 0 Å². The van der Waals surface area contributed by atoms with E-state index in [9.17, 15) is 4.79 Å². The summed E-state index contributed by atoms with van der Waals surface area (Å²) in [6.07, 6.45) is 5.10. The molecule has 2 heterocycles. The maximum atomic E-state index is 12.5. The Bertz CT molecular complexity index is 787. The fraction of sp³-hybridized carbons (Fsp3) is 0.476. The number of aryl methyl sites for hydroxylation is 1. The molecular weight excluding hydrogens is 497 g/mol. The van der Waals surface area contributed by atoms with Crippen molar-refractivity contribution in [3.63, 3.8) is 0 Å². The highest BCUT2D eigenvalue weighted by Crippen LogP contribution is 2.21. The molecule has 6 nitrogen and oxygen atoms in total. The number of piperidine rings is 1. The second kappa shape index (κ2) is 12.1. The van der Waals surface area contributed by atoms with E-state index in [1.54, 1.807) is 18.4 Å². The molecule has 0 radical (unpaired) electrons. The summed E-state index contributed by atoms with van der Waals surface area (Å²) in [6.45, 7) is 4.58. The molecule has 8 heteroatoms. The molecule has 0 bridgehead atoms. The van der Waals surface area contributed by atoms with E-state index in [1.807, 2.05) is 18.0 Å². The van der Waals surface area contributed by atoms with E-state index in [0.29, 0.717) is 18.4 Å². The normalized spacial score (nSPS) is 15.0. The van der Waals surface area contributed by atoms with E-state index in [1.165, 1.54) is 10.4 Å². The van der Waals surface area contributed by atoms with Crippen LogP contribution in [0.25, 0.3) is 0 Å². The smallest absolute Gasteiger partial charge is 0.241 e. The van der Waals surface area contributed by atoms with Crippen molar-refractivity contribution in [1.29, 1.82) is 0 Å². The number of hydrogen-bond acceptors (Lipinski definition) is 4. The fourth-order valence-electron chi connectivity index (χ4n) is 3.47. The van der Waals surface area contributed by atoms with E-state index >= 15 is 0 Å². The third kappa shape index (κ3) is 7.58. The van der Waals surface area contributed by atoms with Gasteiger partial charge in [-0.3, -0.25) is 9.79 Å². The van der Waals surface area contributed by atoms with E-state index in [2.05, 4.69) is 50.9 Å². The van der Waals surface area contributed by atoms with Crippen molar-refractivity contribution >= 4 is 47.2 Å². The van der Waals surface area contributed by atoms with Crippen LogP contribution in [0.4, 0.5) is 0 Å². The molecule has 3 rings (SSSR count). The molecule has 0 saturated carbocycles. The van der Waals surface area contributed by atoms with Crippen LogP contribution in [0.3, 0.4) is 0 Å². The Hall–Kier alpha value is -1.68. The summed E-state index contributed by atoms with van der Waals surface area (Å²) >= 11 is 1.66. The molecule has 0 aliphatic carbocycles. The van der Waals surface area contributed by atoms with Gasteiger partial charge < -0.3 is 15.5 Å². The Balaban J connectivity index is 0.00000300. The second-order valence-electron chi connectivity index (χ2n) is 7.16. The molecule has 1 saturated heterocycles. The number of nitrogens with zero attached hydrogens (tertiary/aromatic N) is 3. The molecule has 0 atom stereocenters. The van der Waals surface area contributed by atoms with Crippen LogP contribution in [0.1, 0.15) is 28.3 Å². The number of aromatic nitrogens is 1. The van der Waals surface area contributed by atoms with E-state index < -0.39 is 0 Å². The quantitative estimate of drug-likeness (QED) is 0.344. The number of hydrogen-bond donors (Lipinski definition) is 2. The van der Waals surface area contributed by atoms with Crippen molar-refractivity contribution in [2.24, 2.45) is 10.9 Å². The Morgan fingerprint density at radius 2 is 1.97 bits per heavy atom. The molecular formula is C21H30IN5OS. The lowest BCUT2D eigenvalue weighted by Crippen LogP contribution is -2.46. The minimum absolute atomic E-state index is 0. The number of nitrogens with one attached hydrogen (secondary N) is 2. The predicted octanol–water partition coefficient (Wildman–Crippen LogP) is 3.22. The Morgan fingerprint density at radius 3 is 2.59 bits per heavy atom. The van der Waals surface area contributed by atoms with Crippen LogP contribution in [0.5, 0.6) is 0 Å². The van der Waals surface area contributed by atoms with Crippen molar-refractivity contribution in [2.75, 3.05) is 26.7 Å². The number of rotatable bonds is 6. The van der Waals surface area contributed by atoms with Gasteiger partial charge in [0.1, 0.15) is 5.01 Å². The summed E-state index contributed by atoms with van der Waals surface area (Å²) in [4.78, 5) is 24.2. The number of benzene rings is 1. The summed E-state index contributed by atoms with van der Waals surface area (Å²) in [5.74, 6) is 1.42. The van der Waals surface area contributed by atoms with Gasteiger partial charge in [-0.05, 0) is 37.7 Å². The number of carbonyl (C=O) groups is 1. The van der Waals surface area contributed by atoms with Gasteiger partial charge in [0.05, 0.1) is 13.1 Å². The van der Waals surface area contributed by atoms with Crippen LogP contribution in [-0.4, -0.2) is 48.4 Å². The van der Waals surface area contributed by atoms with Gasteiger partial charge in [0, 0.05) is 31.2 Å². The van der Waals surface area contributed by atoms with E-state index in [0.717, 1.165) is 37.4 Å². The largest absolute Gasteiger partial charge is 0.350 e. The van der Waals surface area contributed by atoms with Crippen LogP contribution >= 0.6 is 35.3 Å². The lowest BCUT2D eigenvalue weighted by atomic mass is 9.90. The van der Waals surface area contributed by atoms with Crippen molar-refractivity contribution in [2.45, 2.75) is 32.7 Å². The van der Waals surface area contributed by atoms with Gasteiger partial charge in [-0.15, -0.1) is 35.3 Å². The van der Waals surface area contributed by atoms with Crippen molar-refractivity contribution in [3.05, 3.63) is 52.0 Å². The number of thiazole rings is 1. The van der Waals surface area contributed by atoms with Gasteiger partial charge in [-0.1, -0.05) is 30.3 Å². The van der Waals surface area contributed by atoms with Crippen LogP contribution in [0, 0.1) is 12.8 Å². The zero-order chi connectivity index (χ0) is 19.8. The minimum atomic E-state index is 0. The van der Waals surface area contributed by atoms with Gasteiger partial charge in [-0.2, -0.15) is 0 Å². The highest BCUT2D eigenvalue weighted by atomic mass is 127. The molecule has 1 aliphatic rings. The number of guanidine groups is 1. The second-order valence-corrected chi connectivity index (χ2v) is 8.48. The fourth-order valence-corrected chi connectivity index (χ4v) is 4.19. The summed E-state index contributed by atoms with van der Waals surface area (Å²) in [6, 6.07) is 10.6. The molecule has 1 aliphatic heterocycles. The summed E-state index contributed by atoms with van der Waals surface area (Å²) in [5.41, 5.74) is 1.39. The average molecular weight is 527 g/mol. The maximum Gasteiger partial charge on any atom is 0.241 e. The number of carbonyl (C=O) groups excluding carboxylic acids is 1. The first-order valence-electron chi connectivity index (χ1n) is 9.81. The average Bonchev–Trinajstić information content (AvgIpc) is 3.14. The van der Waals surface area contributed by atoms with Gasteiger partial charge >= 0.3 is 0 Å². The predicted molar refractivity (Wildman–Crippen MR) is 130 cm³/mol. The molecule has 1 aromatic carbocycles. The molecule has 0 unspecified atom stereocenters. The number of aliphatic imine (C=N–C) groups is 1. The molecule has 1 aromatic heterocycles. The molecule has 2 aromatic rings. The number of amides is 1. The first-order valence-corrected chi connectivity index (χ1v) is 10.6. The maximum absolute atomic E-state index is 12.5. The lowest BCUT2D eigenvalue weighted by Gasteiger charge is -2.32. The third-order valence-corrected chi connectivity index (χ3v) is 5.95. The van der Waals surface area contributed by atoms with Crippen LogP contribution < -0.4 is 10.6 Å². The SMILES string of the molecule is CN=C(NCC(=O)N1CCC(Cc2ccccc2)CC1)NCc1ncc(C)s1.I. The summed E-state index contributed by atoms with van der Waals surface area (Å²) in [7, 11) is 1.71. The number of likely N-dealkylation sites (tertiary alicyclic amines) is 1. The first-order chi connectivity index (χ1) is 13.6. The topological polar surface area (TPSA) is 69.6 Å². The van der Waals surface area contributed by atoms with Gasteiger partial charge in [-0.25, -0.2) is 4.98 Å². The van der Waals surface area contributed by atoms with E-state index in [-0.39, 0.29) is 36.4 Å². The zero-order valence-electron chi connectivity index (χ0n) is 17.1. The Kier molecular flexibility index (Phi) is 9.86. The standard InChI is InChI=1S/C21H29N5OS.HI/c1-16-13-23-19(28-16)14-24-21(22-2)25-15-20(27)26-10-8-18(9-11-26)12-17-6-4-3-5-7-17;/h3-7,13,18H,8-12,14-15H2,1-2H3,(H2,22,24,25);1H. The monoisotopic (exact) mass is 527 g/mol. The Morgan fingerprint density at radius 1 is 1.24 bits per heavy atom. The van der Waals surface area contributed by atoms with Crippen LogP contribution in [0.15, 0.2) is 41.5 Å². The van der Waals surface area contributed by atoms with Crippen LogP contribution in [-0.2, 0) is 17.8 Å². The minimum Gasteiger partial charge on any atom is -0.350 e. The highest BCUT2D eigenvalue weighted by Gasteiger charge is 2.22. The van der Waals surface area contributed by atoms with Gasteiger partial charge in [0.25, 0.3) is 0 Å². The molecule has 158 valence electrons. The molecule has 1 amide bonds. The number of halogens is 1. The molecule has 29 heavy (non-hydrogen) atoms. The molecule has 0 spiro atoms. The van der Waals surface area contributed by atoms with Gasteiger partial charge in [0.2, 0.25) is 5.91 Å². The van der Waals surface area contributed by atoms with Gasteiger partial charge in [0.15, 0.2) is 5.96 Å². The summed E-state index contributed by atoms with van der Waals surface area (Å²) in [5, 5.41) is 7.33. The molecule has 1 fully saturated rings. The Labute approximate surface area is 194 Å². The first kappa shape index (κ1) is 23.6. The highest BCUT2D eigenvalue weighted by molar-refractivity contribution is 14.0. The lowest BCUT2D eigenvalue weighted by molar-refractivity contribution is -0.131. The third-order valence-electron chi connectivity index (χ3n) is 5.04. The zero-order valence-corrected chi connectivity index (χ0v) is 20.2. The van der Waals surface area contributed by atoms with Crippen molar-refractivity contribution in [3.8, 4) is 0 Å².